The monoisotopic (exact) mass is 390 g/mol. The summed E-state index contributed by atoms with van der Waals surface area (Å²) in [5, 5.41) is 0. The first-order valence-corrected chi connectivity index (χ1v) is 10.1. The van der Waals surface area contributed by atoms with E-state index in [-0.39, 0.29) is 11.8 Å². The normalized spacial score (nSPS) is 17.3. The van der Waals surface area contributed by atoms with Crippen molar-refractivity contribution in [3.63, 3.8) is 0 Å². The van der Waals surface area contributed by atoms with Crippen LogP contribution >= 0.6 is 0 Å². The molecule has 29 heavy (non-hydrogen) atoms. The van der Waals surface area contributed by atoms with Gasteiger partial charge in [0, 0.05) is 18.7 Å². The highest BCUT2D eigenvalue weighted by Crippen LogP contribution is 2.39. The molecule has 5 heteroatoms. The van der Waals surface area contributed by atoms with E-state index in [1.54, 1.807) is 7.11 Å². The molecule has 150 valence electrons. The largest absolute Gasteiger partial charge is 0.496 e. The van der Waals surface area contributed by atoms with Gasteiger partial charge < -0.3 is 9.64 Å². The lowest BCUT2D eigenvalue weighted by Gasteiger charge is -2.29. The molecule has 4 rings (SSSR count). The van der Waals surface area contributed by atoms with Crippen molar-refractivity contribution in [3.8, 4) is 5.75 Å². The van der Waals surface area contributed by atoms with Gasteiger partial charge in [-0.05, 0) is 62.4 Å². The lowest BCUT2D eigenvalue weighted by atomic mass is 10.0. The van der Waals surface area contributed by atoms with Crippen LogP contribution in [0.25, 0.3) is 5.57 Å². The van der Waals surface area contributed by atoms with E-state index in [4.69, 9.17) is 4.74 Å². The van der Waals surface area contributed by atoms with Crippen molar-refractivity contribution in [2.45, 2.75) is 33.1 Å². The van der Waals surface area contributed by atoms with Gasteiger partial charge in [-0.3, -0.25) is 9.59 Å². The summed E-state index contributed by atoms with van der Waals surface area (Å²) in [5.74, 6) is 0.0597. The number of aryl methyl sites for hydroxylation is 2. The summed E-state index contributed by atoms with van der Waals surface area (Å²) in [7, 11) is 1.59. The van der Waals surface area contributed by atoms with Gasteiger partial charge in [0.25, 0.3) is 11.8 Å². The zero-order valence-electron chi connectivity index (χ0n) is 17.2. The third-order valence-corrected chi connectivity index (χ3v) is 5.86. The number of carbonyl (C=O) groups excluding carboxylic acids is 2. The summed E-state index contributed by atoms with van der Waals surface area (Å²) < 4.78 is 5.52. The molecule has 0 aromatic heterocycles. The third kappa shape index (κ3) is 3.31. The number of likely N-dealkylation sites (tertiary alicyclic amines) is 1. The van der Waals surface area contributed by atoms with Crippen LogP contribution in [0.4, 0.5) is 5.69 Å². The number of hydrogen-bond acceptors (Lipinski definition) is 4. The van der Waals surface area contributed by atoms with Crippen LogP contribution in [0, 0.1) is 13.8 Å². The summed E-state index contributed by atoms with van der Waals surface area (Å²) in [5.41, 5.74) is 4.39. The Morgan fingerprint density at radius 1 is 0.862 bits per heavy atom. The summed E-state index contributed by atoms with van der Waals surface area (Å²) >= 11 is 0. The second-order valence-electron chi connectivity index (χ2n) is 7.69. The van der Waals surface area contributed by atoms with E-state index in [2.05, 4.69) is 4.90 Å². The van der Waals surface area contributed by atoms with Gasteiger partial charge in [-0.25, -0.2) is 4.90 Å². The molecule has 2 aromatic carbocycles. The minimum atomic E-state index is -0.289. The number of benzene rings is 2. The molecule has 2 aliphatic heterocycles. The molecule has 1 fully saturated rings. The summed E-state index contributed by atoms with van der Waals surface area (Å²) in [6.07, 6.45) is 3.19. The van der Waals surface area contributed by atoms with Crippen LogP contribution in [-0.4, -0.2) is 36.9 Å². The SMILES string of the molecule is COc1ccccc1C1=C(N2CCCCC2)C(=O)N(c2ccc(C)c(C)c2)C1=O. The highest BCUT2D eigenvalue weighted by molar-refractivity contribution is 6.45. The molecule has 2 amide bonds. The van der Waals surface area contributed by atoms with Gasteiger partial charge in [0.2, 0.25) is 0 Å². The first kappa shape index (κ1) is 19.2. The Morgan fingerprint density at radius 2 is 1.59 bits per heavy atom. The molecular formula is C24H26N2O3. The molecule has 0 bridgehead atoms. The zero-order chi connectivity index (χ0) is 20.5. The number of amides is 2. The number of para-hydroxylation sites is 1. The Bertz CT molecular complexity index is 1000. The fourth-order valence-electron chi connectivity index (χ4n) is 4.12. The predicted octanol–water partition coefficient (Wildman–Crippen LogP) is 4.08. The highest BCUT2D eigenvalue weighted by atomic mass is 16.5. The molecule has 0 atom stereocenters. The van der Waals surface area contributed by atoms with Crippen molar-refractivity contribution in [3.05, 3.63) is 64.9 Å². The maximum atomic E-state index is 13.6. The van der Waals surface area contributed by atoms with E-state index in [9.17, 15) is 9.59 Å². The van der Waals surface area contributed by atoms with Gasteiger partial charge in [0.05, 0.1) is 18.4 Å². The Balaban J connectivity index is 1.87. The van der Waals surface area contributed by atoms with Crippen LogP contribution in [0.1, 0.15) is 36.0 Å². The Morgan fingerprint density at radius 3 is 2.28 bits per heavy atom. The van der Waals surface area contributed by atoms with Gasteiger partial charge in [0.15, 0.2) is 0 Å². The van der Waals surface area contributed by atoms with Crippen molar-refractivity contribution in [2.24, 2.45) is 0 Å². The highest BCUT2D eigenvalue weighted by Gasteiger charge is 2.43. The number of piperidine rings is 1. The third-order valence-electron chi connectivity index (χ3n) is 5.86. The maximum Gasteiger partial charge on any atom is 0.282 e. The molecule has 2 aromatic rings. The number of ether oxygens (including phenoxy) is 1. The number of carbonyl (C=O) groups is 2. The molecule has 5 nitrogen and oxygen atoms in total. The first-order valence-electron chi connectivity index (χ1n) is 10.1. The lowest BCUT2D eigenvalue weighted by Crippen LogP contribution is -2.37. The molecular weight excluding hydrogens is 364 g/mol. The van der Waals surface area contributed by atoms with E-state index in [1.165, 1.54) is 4.90 Å². The molecule has 0 saturated carbocycles. The van der Waals surface area contributed by atoms with E-state index in [0.29, 0.717) is 28.3 Å². The van der Waals surface area contributed by atoms with E-state index >= 15 is 0 Å². The minimum absolute atomic E-state index is 0.249. The Hall–Kier alpha value is -3.08. The van der Waals surface area contributed by atoms with Crippen LogP contribution in [-0.2, 0) is 9.59 Å². The van der Waals surface area contributed by atoms with Gasteiger partial charge in [0.1, 0.15) is 11.4 Å². The average molecular weight is 390 g/mol. The molecule has 1 saturated heterocycles. The van der Waals surface area contributed by atoms with Crippen molar-refractivity contribution in [2.75, 3.05) is 25.1 Å². The van der Waals surface area contributed by atoms with Gasteiger partial charge >= 0.3 is 0 Å². The van der Waals surface area contributed by atoms with Crippen LogP contribution in [0.5, 0.6) is 5.75 Å². The predicted molar refractivity (Wildman–Crippen MR) is 114 cm³/mol. The van der Waals surface area contributed by atoms with Crippen molar-refractivity contribution >= 4 is 23.1 Å². The zero-order valence-corrected chi connectivity index (χ0v) is 17.2. The number of imide groups is 1. The number of nitrogens with zero attached hydrogens (tertiary/aromatic N) is 2. The molecule has 0 unspecified atom stereocenters. The van der Waals surface area contributed by atoms with Crippen molar-refractivity contribution < 1.29 is 14.3 Å². The van der Waals surface area contributed by atoms with E-state index < -0.39 is 0 Å². The number of rotatable bonds is 4. The average Bonchev–Trinajstić information content (AvgIpc) is 3.00. The number of methoxy groups -OCH3 is 1. The van der Waals surface area contributed by atoms with Gasteiger partial charge in [-0.2, -0.15) is 0 Å². The summed E-state index contributed by atoms with van der Waals surface area (Å²) in [6, 6.07) is 13.1. The van der Waals surface area contributed by atoms with Crippen LogP contribution < -0.4 is 9.64 Å². The second-order valence-corrected chi connectivity index (χ2v) is 7.69. The Kier molecular flexibility index (Phi) is 5.14. The standard InChI is InChI=1S/C24H26N2O3/c1-16-11-12-18(15-17(16)2)26-23(27)21(19-9-5-6-10-20(19)29-3)22(24(26)28)25-13-7-4-8-14-25/h5-6,9-12,15H,4,7-8,13-14H2,1-3H3. The first-order chi connectivity index (χ1) is 14.0. The fraction of sp³-hybridized carbons (Fsp3) is 0.333. The van der Waals surface area contributed by atoms with Crippen molar-refractivity contribution in [1.82, 2.24) is 4.90 Å². The minimum Gasteiger partial charge on any atom is -0.496 e. The smallest absolute Gasteiger partial charge is 0.282 e. The lowest BCUT2D eigenvalue weighted by molar-refractivity contribution is -0.120. The fourth-order valence-corrected chi connectivity index (χ4v) is 4.12. The summed E-state index contributed by atoms with van der Waals surface area (Å²) in [4.78, 5) is 30.6. The van der Waals surface area contributed by atoms with Crippen LogP contribution in [0.3, 0.4) is 0 Å². The molecule has 2 heterocycles. The number of anilines is 1. The van der Waals surface area contributed by atoms with E-state index in [0.717, 1.165) is 43.5 Å². The molecule has 2 aliphatic rings. The second kappa shape index (κ2) is 7.74. The van der Waals surface area contributed by atoms with Crippen LogP contribution in [0.15, 0.2) is 48.2 Å². The van der Waals surface area contributed by atoms with Gasteiger partial charge in [-0.15, -0.1) is 0 Å². The molecule has 0 spiro atoms. The summed E-state index contributed by atoms with van der Waals surface area (Å²) in [6.45, 7) is 5.58. The maximum absolute atomic E-state index is 13.6. The van der Waals surface area contributed by atoms with Crippen LogP contribution in [0.2, 0.25) is 0 Å². The molecule has 0 aliphatic carbocycles. The van der Waals surface area contributed by atoms with Crippen molar-refractivity contribution in [1.29, 1.82) is 0 Å². The molecule has 0 radical (unpaired) electrons. The molecule has 0 N–H and O–H groups in total. The topological polar surface area (TPSA) is 49.9 Å². The van der Waals surface area contributed by atoms with E-state index in [1.807, 2.05) is 56.3 Å². The number of hydrogen-bond donors (Lipinski definition) is 0. The Labute approximate surface area is 171 Å². The van der Waals surface area contributed by atoms with Gasteiger partial charge in [-0.1, -0.05) is 24.3 Å². The quantitative estimate of drug-likeness (QED) is 0.738.